The van der Waals surface area contributed by atoms with Gasteiger partial charge in [0.05, 0.1) is 23.5 Å². The van der Waals surface area contributed by atoms with Crippen molar-refractivity contribution in [3.8, 4) is 5.69 Å². The van der Waals surface area contributed by atoms with Crippen LogP contribution >= 0.6 is 0 Å². The summed E-state index contributed by atoms with van der Waals surface area (Å²) in [4.78, 5) is 20.5. The molecule has 9 nitrogen and oxygen atoms in total. The normalized spacial score (nSPS) is 11.1. The predicted octanol–water partition coefficient (Wildman–Crippen LogP) is 1.95. The van der Waals surface area contributed by atoms with Crippen molar-refractivity contribution in [3.63, 3.8) is 0 Å². The molecule has 0 saturated heterocycles. The van der Waals surface area contributed by atoms with Crippen molar-refractivity contribution in [2.45, 2.75) is 0 Å². The highest BCUT2D eigenvalue weighted by molar-refractivity contribution is 5.95. The van der Waals surface area contributed by atoms with Gasteiger partial charge in [-0.25, -0.2) is 14.6 Å². The van der Waals surface area contributed by atoms with Crippen LogP contribution in [0.25, 0.3) is 16.7 Å². The summed E-state index contributed by atoms with van der Waals surface area (Å²) < 4.78 is 1.75. The molecule has 0 unspecified atom stereocenters. The number of amides is 1. The van der Waals surface area contributed by atoms with Crippen molar-refractivity contribution in [2.75, 3.05) is 18.5 Å². The lowest BCUT2D eigenvalue weighted by atomic mass is 10.1. The molecule has 9 heteroatoms. The second kappa shape index (κ2) is 8.93. The minimum Gasteiger partial charge on any atom is -0.351 e. The zero-order chi connectivity index (χ0) is 20.8. The van der Waals surface area contributed by atoms with Gasteiger partial charge in [-0.2, -0.15) is 10.2 Å². The summed E-state index contributed by atoms with van der Waals surface area (Å²) >= 11 is 0. The van der Waals surface area contributed by atoms with Gasteiger partial charge in [0.1, 0.15) is 6.33 Å². The largest absolute Gasteiger partial charge is 0.351 e. The molecule has 2 aromatic heterocycles. The number of carbonyl (C=O) groups excluding carboxylic acids is 1. The van der Waals surface area contributed by atoms with Gasteiger partial charge in [0, 0.05) is 18.7 Å². The minimum absolute atomic E-state index is 0.152. The Bertz CT molecular complexity index is 1170. The van der Waals surface area contributed by atoms with E-state index in [-0.39, 0.29) is 5.91 Å². The fraction of sp³-hybridized carbons (Fsp3) is 0.0952. The molecule has 1 amide bonds. The summed E-state index contributed by atoms with van der Waals surface area (Å²) in [6.45, 7) is 0.850. The number of nitrogens with two attached hydrogens (primary N) is 1. The highest BCUT2D eigenvalue weighted by Gasteiger charge is 2.10. The van der Waals surface area contributed by atoms with Gasteiger partial charge in [0.15, 0.2) is 11.5 Å². The van der Waals surface area contributed by atoms with Gasteiger partial charge in [-0.05, 0) is 29.8 Å². The second-order valence-corrected chi connectivity index (χ2v) is 6.39. The molecule has 150 valence electrons. The van der Waals surface area contributed by atoms with Crippen LogP contribution in [-0.2, 0) is 0 Å². The molecule has 2 aromatic carbocycles. The fourth-order valence-corrected chi connectivity index (χ4v) is 2.87. The third kappa shape index (κ3) is 4.15. The van der Waals surface area contributed by atoms with Gasteiger partial charge in [-0.15, -0.1) is 0 Å². The van der Waals surface area contributed by atoms with E-state index < -0.39 is 0 Å². The molecule has 0 aliphatic carbocycles. The topological polar surface area (TPSA) is 123 Å². The van der Waals surface area contributed by atoms with Crippen molar-refractivity contribution < 1.29 is 4.79 Å². The maximum atomic E-state index is 11.9. The number of carbonyl (C=O) groups is 1. The third-order valence-electron chi connectivity index (χ3n) is 4.35. The molecule has 0 aliphatic heterocycles. The van der Waals surface area contributed by atoms with Crippen LogP contribution in [0.3, 0.4) is 0 Å². The summed E-state index contributed by atoms with van der Waals surface area (Å²) in [7, 11) is 0. The maximum Gasteiger partial charge on any atom is 0.251 e. The van der Waals surface area contributed by atoms with E-state index in [9.17, 15) is 4.79 Å². The van der Waals surface area contributed by atoms with Crippen molar-refractivity contribution in [3.05, 3.63) is 78.2 Å². The monoisotopic (exact) mass is 400 g/mol. The van der Waals surface area contributed by atoms with Crippen LogP contribution in [0, 0.1) is 0 Å². The average Bonchev–Trinajstić information content (AvgIpc) is 3.23. The van der Waals surface area contributed by atoms with Gasteiger partial charge in [-0.1, -0.05) is 30.3 Å². The molecule has 0 saturated carbocycles. The Morgan fingerprint density at radius 2 is 1.90 bits per heavy atom. The van der Waals surface area contributed by atoms with Crippen LogP contribution in [0.5, 0.6) is 0 Å². The number of para-hydroxylation sites is 1. The Morgan fingerprint density at radius 3 is 2.67 bits per heavy atom. The first kappa shape index (κ1) is 19.2. The number of anilines is 1. The number of nitrogens with one attached hydrogen (secondary N) is 2. The van der Waals surface area contributed by atoms with Gasteiger partial charge >= 0.3 is 0 Å². The van der Waals surface area contributed by atoms with E-state index in [0.717, 1.165) is 16.6 Å². The molecule has 0 atom stereocenters. The lowest BCUT2D eigenvalue weighted by molar-refractivity contribution is 0.0955. The van der Waals surface area contributed by atoms with Crippen molar-refractivity contribution >= 4 is 29.0 Å². The smallest absolute Gasteiger partial charge is 0.251 e. The molecule has 0 bridgehead atoms. The molecular weight excluding hydrogens is 380 g/mol. The predicted molar refractivity (Wildman–Crippen MR) is 116 cm³/mol. The Kier molecular flexibility index (Phi) is 5.72. The number of hydrogen-bond acceptors (Lipinski definition) is 7. The number of aromatic nitrogens is 4. The summed E-state index contributed by atoms with van der Waals surface area (Å²) in [5.41, 5.74) is 11.3. The molecule has 0 spiro atoms. The lowest BCUT2D eigenvalue weighted by Crippen LogP contribution is -2.28. The van der Waals surface area contributed by atoms with E-state index in [1.807, 2.05) is 42.5 Å². The van der Waals surface area contributed by atoms with Crippen LogP contribution in [0.2, 0.25) is 0 Å². The van der Waals surface area contributed by atoms with Gasteiger partial charge < -0.3 is 11.1 Å². The van der Waals surface area contributed by atoms with Crippen molar-refractivity contribution in [1.82, 2.24) is 25.1 Å². The van der Waals surface area contributed by atoms with Gasteiger partial charge in [0.25, 0.3) is 5.91 Å². The quantitative estimate of drug-likeness (QED) is 0.322. The summed E-state index contributed by atoms with van der Waals surface area (Å²) in [6, 6.07) is 16.8. The minimum atomic E-state index is -0.152. The van der Waals surface area contributed by atoms with Crippen LogP contribution in [0.15, 0.2) is 72.2 Å². The Morgan fingerprint density at radius 1 is 1.10 bits per heavy atom. The van der Waals surface area contributed by atoms with Crippen LogP contribution in [-0.4, -0.2) is 45.0 Å². The molecule has 2 heterocycles. The SMILES string of the molecule is NCCNC(=O)c1ccc(C=NNc2ncnc3c2cnn3-c2ccccc2)cc1. The fourth-order valence-electron chi connectivity index (χ4n) is 2.87. The molecule has 4 aromatic rings. The number of fused-ring (bicyclic) bond motifs is 1. The van der Waals surface area contributed by atoms with Crippen LogP contribution < -0.4 is 16.5 Å². The Balaban J connectivity index is 1.48. The number of benzene rings is 2. The van der Waals surface area contributed by atoms with Crippen molar-refractivity contribution in [2.24, 2.45) is 10.8 Å². The molecule has 0 fully saturated rings. The Labute approximate surface area is 172 Å². The van der Waals surface area contributed by atoms with E-state index in [2.05, 4.69) is 30.9 Å². The standard InChI is InChI=1S/C21H20N8O/c22-10-11-23-21(30)16-8-6-15(7-9-16)12-26-28-19-18-13-27-29(20(18)25-14-24-19)17-4-2-1-3-5-17/h1-9,12-14H,10-11,22H2,(H,23,30)(H,24,25,28). The molecule has 4 rings (SSSR count). The highest BCUT2D eigenvalue weighted by Crippen LogP contribution is 2.21. The first-order valence-electron chi connectivity index (χ1n) is 9.38. The summed E-state index contributed by atoms with van der Waals surface area (Å²) in [5.74, 6) is 0.400. The van der Waals surface area contributed by atoms with E-state index >= 15 is 0 Å². The average molecular weight is 400 g/mol. The number of nitrogens with zero attached hydrogens (tertiary/aromatic N) is 5. The molecule has 4 N–H and O–H groups in total. The van der Waals surface area contributed by atoms with Crippen LogP contribution in [0.1, 0.15) is 15.9 Å². The van der Waals surface area contributed by atoms with Crippen LogP contribution in [0.4, 0.5) is 5.82 Å². The first-order valence-corrected chi connectivity index (χ1v) is 9.38. The molecule has 30 heavy (non-hydrogen) atoms. The molecule has 0 aliphatic rings. The summed E-state index contributed by atoms with van der Waals surface area (Å²) in [6.07, 6.45) is 4.82. The highest BCUT2D eigenvalue weighted by atomic mass is 16.1. The summed E-state index contributed by atoms with van der Waals surface area (Å²) in [5, 5.41) is 12.2. The number of rotatable bonds is 7. The van der Waals surface area contributed by atoms with Gasteiger partial charge in [0.2, 0.25) is 0 Å². The zero-order valence-electron chi connectivity index (χ0n) is 16.1. The van der Waals surface area contributed by atoms with E-state index in [0.29, 0.717) is 30.1 Å². The first-order chi connectivity index (χ1) is 14.8. The Hall–Kier alpha value is -4.11. The van der Waals surface area contributed by atoms with E-state index in [1.54, 1.807) is 29.2 Å². The van der Waals surface area contributed by atoms with E-state index in [1.165, 1.54) is 6.33 Å². The molecule has 0 radical (unpaired) electrons. The van der Waals surface area contributed by atoms with E-state index in [4.69, 9.17) is 5.73 Å². The lowest BCUT2D eigenvalue weighted by Gasteiger charge is -2.04. The zero-order valence-corrected chi connectivity index (χ0v) is 16.1. The van der Waals surface area contributed by atoms with Crippen molar-refractivity contribution in [1.29, 1.82) is 0 Å². The maximum absolute atomic E-state index is 11.9. The second-order valence-electron chi connectivity index (χ2n) is 6.39. The number of hydrogen-bond donors (Lipinski definition) is 3. The third-order valence-corrected chi connectivity index (χ3v) is 4.35. The molecular formula is C21H20N8O. The number of hydrazone groups is 1. The van der Waals surface area contributed by atoms with Gasteiger partial charge in [-0.3, -0.25) is 10.2 Å².